The van der Waals surface area contributed by atoms with Crippen molar-refractivity contribution in [2.45, 2.75) is 0 Å². The zero-order valence-corrected chi connectivity index (χ0v) is 37.6. The van der Waals surface area contributed by atoms with E-state index in [1.54, 1.807) is 0 Å². The third kappa shape index (κ3) is 8.75. The van der Waals surface area contributed by atoms with E-state index in [9.17, 15) is 0 Å². The van der Waals surface area contributed by atoms with E-state index >= 15 is 0 Å². The summed E-state index contributed by atoms with van der Waals surface area (Å²) in [6.45, 7) is 0. The third-order valence-electron chi connectivity index (χ3n) is 12.6. The Balaban J connectivity index is 0.869. The molecule has 0 amide bonds. The van der Waals surface area contributed by atoms with Crippen LogP contribution in [0, 0.1) is 0 Å². The molecular weight excluding hydrogens is 821 g/mol. The Bertz CT molecular complexity index is 3170. The largest absolute Gasteiger partial charge is 0.311 e. The Morgan fingerprint density at radius 3 is 0.691 bits per heavy atom. The van der Waals surface area contributed by atoms with Crippen molar-refractivity contribution in [3.05, 3.63) is 289 Å². The molecule has 0 spiro atoms. The molecule has 0 N–H and O–H groups in total. The summed E-state index contributed by atoms with van der Waals surface area (Å²) < 4.78 is 0. The van der Waals surface area contributed by atoms with Gasteiger partial charge in [0.2, 0.25) is 0 Å². The van der Waals surface area contributed by atoms with Crippen LogP contribution < -0.4 is 9.80 Å². The van der Waals surface area contributed by atoms with Gasteiger partial charge in [-0.05, 0) is 139 Å². The molecule has 0 aliphatic rings. The van der Waals surface area contributed by atoms with Gasteiger partial charge in [-0.3, -0.25) is 0 Å². The molecule has 0 aromatic heterocycles. The number of benzene rings is 11. The molecule has 11 aromatic rings. The van der Waals surface area contributed by atoms with Crippen LogP contribution >= 0.6 is 0 Å². The number of para-hydroxylation sites is 4. The molecule has 0 unspecified atom stereocenters. The van der Waals surface area contributed by atoms with Crippen LogP contribution in [0.5, 0.6) is 0 Å². The van der Waals surface area contributed by atoms with Crippen molar-refractivity contribution in [1.29, 1.82) is 0 Å². The van der Waals surface area contributed by atoms with Gasteiger partial charge in [0.15, 0.2) is 0 Å². The molecule has 322 valence electrons. The number of anilines is 6. The van der Waals surface area contributed by atoms with E-state index < -0.39 is 0 Å². The molecule has 0 heterocycles. The minimum Gasteiger partial charge on any atom is -0.311 e. The van der Waals surface area contributed by atoms with Crippen molar-refractivity contribution in [2.75, 3.05) is 9.80 Å². The molecule has 0 saturated carbocycles. The maximum Gasteiger partial charge on any atom is 0.0462 e. The van der Waals surface area contributed by atoms with Gasteiger partial charge in [0.25, 0.3) is 0 Å². The van der Waals surface area contributed by atoms with E-state index in [-0.39, 0.29) is 0 Å². The summed E-state index contributed by atoms with van der Waals surface area (Å²) in [7, 11) is 0. The van der Waals surface area contributed by atoms with Crippen LogP contribution in [-0.2, 0) is 0 Å². The summed E-state index contributed by atoms with van der Waals surface area (Å²) >= 11 is 0. The van der Waals surface area contributed by atoms with E-state index in [1.807, 2.05) is 0 Å². The van der Waals surface area contributed by atoms with Gasteiger partial charge >= 0.3 is 0 Å². The maximum absolute atomic E-state index is 2.29. The van der Waals surface area contributed by atoms with Crippen molar-refractivity contribution in [3.63, 3.8) is 0 Å². The molecule has 0 radical (unpaired) electrons. The Labute approximate surface area is 399 Å². The molecule has 0 aliphatic heterocycles. The molecule has 0 fully saturated rings. The highest BCUT2D eigenvalue weighted by atomic mass is 15.1. The molecule has 2 nitrogen and oxygen atoms in total. The van der Waals surface area contributed by atoms with Crippen LogP contribution in [0.4, 0.5) is 34.1 Å². The Kier molecular flexibility index (Phi) is 11.8. The standard InChI is InChI=1S/C66H48N2/c1-5-17-55(18-6-1)67(56-19-7-2-8-20-56)59-45-37-51(38-46-59)31-29-49-33-41-53(42-34-49)65-63-27-15-13-25-61(63)62-26-14-16-28-64(62)66(65)54-43-35-50(36-44-54)30-32-52-39-47-60(48-40-52)68(57-21-9-3-10-22-57)58-23-11-4-12-24-58/h1-48H/b31-29+,32-30+. The fraction of sp³-hybridized carbons (Fsp3) is 0. The lowest BCUT2D eigenvalue weighted by molar-refractivity contribution is 1.28. The van der Waals surface area contributed by atoms with Gasteiger partial charge in [-0.25, -0.2) is 0 Å². The second kappa shape index (κ2) is 19.2. The van der Waals surface area contributed by atoms with Crippen LogP contribution in [0.1, 0.15) is 22.3 Å². The van der Waals surface area contributed by atoms with Crippen LogP contribution in [-0.4, -0.2) is 0 Å². The molecule has 11 rings (SSSR count). The van der Waals surface area contributed by atoms with Crippen molar-refractivity contribution in [1.82, 2.24) is 0 Å². The second-order valence-electron chi connectivity index (χ2n) is 16.9. The first-order valence-electron chi connectivity index (χ1n) is 23.2. The van der Waals surface area contributed by atoms with Crippen LogP contribution in [0.2, 0.25) is 0 Å². The highest BCUT2D eigenvalue weighted by Crippen LogP contribution is 2.45. The third-order valence-corrected chi connectivity index (χ3v) is 12.6. The average Bonchev–Trinajstić information content (AvgIpc) is 3.42. The smallest absolute Gasteiger partial charge is 0.0462 e. The summed E-state index contributed by atoms with van der Waals surface area (Å²) in [5.74, 6) is 0. The molecule has 2 heteroatoms. The SMILES string of the molecule is C(=C\c1ccc(N(c2ccccc2)c2ccccc2)cc1)/c1ccc(-c2c(-c3ccc(/C=C/c4ccc(N(c5ccccc5)c5ccccc5)cc4)cc3)c3ccccc3c3ccccc23)cc1. The number of hydrogen-bond acceptors (Lipinski definition) is 2. The molecule has 0 bridgehead atoms. The fourth-order valence-corrected chi connectivity index (χ4v) is 9.32. The van der Waals surface area contributed by atoms with E-state index in [0.29, 0.717) is 0 Å². The number of hydrogen-bond donors (Lipinski definition) is 0. The molecular formula is C66H48N2. The van der Waals surface area contributed by atoms with Crippen LogP contribution in [0.15, 0.2) is 267 Å². The average molecular weight is 869 g/mol. The minimum absolute atomic E-state index is 1.12. The Morgan fingerprint density at radius 2 is 0.412 bits per heavy atom. The van der Waals surface area contributed by atoms with Gasteiger partial charge in [0, 0.05) is 34.1 Å². The highest BCUT2D eigenvalue weighted by Gasteiger charge is 2.18. The van der Waals surface area contributed by atoms with Gasteiger partial charge in [-0.1, -0.05) is 218 Å². The Morgan fingerprint density at radius 1 is 0.191 bits per heavy atom. The van der Waals surface area contributed by atoms with E-state index in [2.05, 4.69) is 301 Å². The van der Waals surface area contributed by atoms with Crippen LogP contribution in [0.3, 0.4) is 0 Å². The zero-order chi connectivity index (χ0) is 45.5. The van der Waals surface area contributed by atoms with Gasteiger partial charge < -0.3 is 9.80 Å². The summed E-state index contributed by atoms with van der Waals surface area (Å²) in [5.41, 5.74) is 16.2. The number of nitrogens with zero attached hydrogens (tertiary/aromatic N) is 2. The van der Waals surface area contributed by atoms with Crippen LogP contribution in [0.25, 0.3) is 68.1 Å². The molecule has 0 saturated heterocycles. The number of fused-ring (bicyclic) bond motifs is 3. The summed E-state index contributed by atoms with van der Waals surface area (Å²) in [6, 6.07) is 95.4. The number of rotatable bonds is 12. The van der Waals surface area contributed by atoms with Crippen molar-refractivity contribution >= 4 is 80.0 Å². The first kappa shape index (κ1) is 41.7. The summed E-state index contributed by atoms with van der Waals surface area (Å²) in [4.78, 5) is 4.58. The van der Waals surface area contributed by atoms with Gasteiger partial charge in [-0.2, -0.15) is 0 Å². The molecule has 0 atom stereocenters. The molecule has 0 aliphatic carbocycles. The lowest BCUT2D eigenvalue weighted by Crippen LogP contribution is -2.09. The quantitative estimate of drug-likeness (QED) is 0.0892. The molecule has 11 aromatic carbocycles. The highest BCUT2D eigenvalue weighted by molar-refractivity contribution is 6.21. The second-order valence-corrected chi connectivity index (χ2v) is 16.9. The summed E-state index contributed by atoms with van der Waals surface area (Å²) in [5, 5.41) is 5.01. The first-order valence-corrected chi connectivity index (χ1v) is 23.2. The van der Waals surface area contributed by atoms with E-state index in [1.165, 1.54) is 43.8 Å². The lowest BCUT2D eigenvalue weighted by atomic mass is 9.84. The van der Waals surface area contributed by atoms with Crippen molar-refractivity contribution in [2.24, 2.45) is 0 Å². The maximum atomic E-state index is 2.29. The fourth-order valence-electron chi connectivity index (χ4n) is 9.32. The predicted molar refractivity (Wildman–Crippen MR) is 292 cm³/mol. The van der Waals surface area contributed by atoms with Gasteiger partial charge in [0.05, 0.1) is 0 Å². The zero-order valence-electron chi connectivity index (χ0n) is 37.6. The monoisotopic (exact) mass is 868 g/mol. The Hall–Kier alpha value is -8.98. The van der Waals surface area contributed by atoms with Gasteiger partial charge in [-0.15, -0.1) is 0 Å². The normalized spacial score (nSPS) is 11.4. The minimum atomic E-state index is 1.12. The topological polar surface area (TPSA) is 6.48 Å². The lowest BCUT2D eigenvalue weighted by Gasteiger charge is -2.25. The first-order chi connectivity index (χ1) is 33.7. The van der Waals surface area contributed by atoms with Gasteiger partial charge in [0.1, 0.15) is 0 Å². The summed E-state index contributed by atoms with van der Waals surface area (Å²) in [6.07, 6.45) is 8.80. The van der Waals surface area contributed by atoms with E-state index in [0.717, 1.165) is 56.4 Å². The molecule has 68 heavy (non-hydrogen) atoms. The van der Waals surface area contributed by atoms with E-state index in [4.69, 9.17) is 0 Å². The van der Waals surface area contributed by atoms with Crippen molar-refractivity contribution < 1.29 is 0 Å². The predicted octanol–water partition coefficient (Wildman–Crippen LogP) is 18.6. The van der Waals surface area contributed by atoms with Crippen molar-refractivity contribution in [3.8, 4) is 22.3 Å².